The molecule has 6 heteroatoms. The Morgan fingerprint density at radius 3 is 2.38 bits per heavy atom. The number of benzene rings is 2. The van der Waals surface area contributed by atoms with Crippen LogP contribution in [0.4, 0.5) is 0 Å². The lowest BCUT2D eigenvalue weighted by Gasteiger charge is -2.31. The zero-order chi connectivity index (χ0) is 21.2. The molecule has 0 spiro atoms. The topological polar surface area (TPSA) is 49.4 Å². The van der Waals surface area contributed by atoms with Crippen molar-refractivity contribution in [1.82, 2.24) is 10.2 Å². The SMILES string of the molecule is CC[C@H](C(=O)NC(C)C)N(Cc1ccccc1)C(=O)CSCc1cccc(Cl)c1. The van der Waals surface area contributed by atoms with Gasteiger partial charge < -0.3 is 10.2 Å². The Morgan fingerprint density at radius 2 is 1.76 bits per heavy atom. The summed E-state index contributed by atoms with van der Waals surface area (Å²) in [5.41, 5.74) is 2.09. The van der Waals surface area contributed by atoms with E-state index in [0.29, 0.717) is 29.5 Å². The molecule has 29 heavy (non-hydrogen) atoms. The van der Waals surface area contributed by atoms with Gasteiger partial charge in [-0.05, 0) is 43.5 Å². The minimum atomic E-state index is -0.489. The smallest absolute Gasteiger partial charge is 0.243 e. The van der Waals surface area contributed by atoms with Crippen LogP contribution in [0.15, 0.2) is 54.6 Å². The molecule has 0 saturated heterocycles. The highest BCUT2D eigenvalue weighted by atomic mass is 35.5. The first-order chi connectivity index (χ1) is 13.9. The number of carbonyl (C=O) groups is 2. The summed E-state index contributed by atoms with van der Waals surface area (Å²) >= 11 is 7.57. The Labute approximate surface area is 183 Å². The first kappa shape index (κ1) is 23.3. The average Bonchev–Trinajstić information content (AvgIpc) is 2.68. The van der Waals surface area contributed by atoms with Crippen molar-refractivity contribution in [2.75, 3.05) is 5.75 Å². The molecule has 0 aromatic heterocycles. The number of hydrogen-bond acceptors (Lipinski definition) is 3. The zero-order valence-corrected chi connectivity index (χ0v) is 18.8. The molecule has 0 radical (unpaired) electrons. The molecule has 0 heterocycles. The Morgan fingerprint density at radius 1 is 1.07 bits per heavy atom. The molecular formula is C23H29ClN2O2S. The number of amides is 2. The quantitative estimate of drug-likeness (QED) is 0.580. The van der Waals surface area contributed by atoms with Gasteiger partial charge in [0.25, 0.3) is 0 Å². The zero-order valence-electron chi connectivity index (χ0n) is 17.2. The van der Waals surface area contributed by atoms with Gasteiger partial charge in [-0.25, -0.2) is 0 Å². The van der Waals surface area contributed by atoms with Crippen LogP contribution in [0.2, 0.25) is 5.02 Å². The molecule has 0 unspecified atom stereocenters. The minimum absolute atomic E-state index is 0.0300. The molecule has 156 valence electrons. The molecule has 4 nitrogen and oxygen atoms in total. The van der Waals surface area contributed by atoms with Gasteiger partial charge in [0, 0.05) is 23.4 Å². The van der Waals surface area contributed by atoms with Crippen molar-refractivity contribution in [1.29, 1.82) is 0 Å². The summed E-state index contributed by atoms with van der Waals surface area (Å²) in [4.78, 5) is 27.5. The van der Waals surface area contributed by atoms with E-state index in [0.717, 1.165) is 11.1 Å². The first-order valence-electron chi connectivity index (χ1n) is 9.86. The highest BCUT2D eigenvalue weighted by Crippen LogP contribution is 2.19. The Bertz CT molecular complexity index is 798. The maximum Gasteiger partial charge on any atom is 0.243 e. The van der Waals surface area contributed by atoms with Crippen LogP contribution in [0.5, 0.6) is 0 Å². The lowest BCUT2D eigenvalue weighted by molar-refractivity contribution is -0.139. The summed E-state index contributed by atoms with van der Waals surface area (Å²) in [6, 6.07) is 17.0. The summed E-state index contributed by atoms with van der Waals surface area (Å²) in [7, 11) is 0. The maximum atomic E-state index is 13.1. The van der Waals surface area contributed by atoms with Gasteiger partial charge in [0.05, 0.1) is 5.75 Å². The number of carbonyl (C=O) groups excluding carboxylic acids is 2. The summed E-state index contributed by atoms with van der Waals surface area (Å²) < 4.78 is 0. The van der Waals surface area contributed by atoms with Gasteiger partial charge in [0.2, 0.25) is 11.8 Å². The van der Waals surface area contributed by atoms with Crippen molar-refractivity contribution in [3.05, 3.63) is 70.7 Å². The van der Waals surface area contributed by atoms with Crippen LogP contribution in [0.3, 0.4) is 0 Å². The second kappa shape index (κ2) is 11.9. The molecule has 0 fully saturated rings. The van der Waals surface area contributed by atoms with Crippen molar-refractivity contribution < 1.29 is 9.59 Å². The van der Waals surface area contributed by atoms with Crippen LogP contribution in [-0.2, 0) is 21.9 Å². The predicted octanol–water partition coefficient (Wildman–Crippen LogP) is 4.91. The van der Waals surface area contributed by atoms with Crippen LogP contribution in [0.1, 0.15) is 38.3 Å². The Kier molecular flexibility index (Phi) is 9.55. The van der Waals surface area contributed by atoms with Gasteiger partial charge in [0.1, 0.15) is 6.04 Å². The number of rotatable bonds is 10. The molecule has 1 atom stereocenters. The molecule has 1 N–H and O–H groups in total. The van der Waals surface area contributed by atoms with E-state index < -0.39 is 6.04 Å². The highest BCUT2D eigenvalue weighted by Gasteiger charge is 2.28. The number of nitrogens with one attached hydrogen (secondary N) is 1. The standard InChI is InChI=1S/C23H29ClN2O2S/c1-4-21(23(28)25-17(2)3)26(14-18-9-6-5-7-10-18)22(27)16-29-15-19-11-8-12-20(24)13-19/h5-13,17,21H,4,14-16H2,1-3H3,(H,25,28)/t21-/m1/s1. The van der Waals surface area contributed by atoms with Crippen molar-refractivity contribution >= 4 is 35.2 Å². The molecule has 2 rings (SSSR count). The number of thioether (sulfide) groups is 1. The van der Waals surface area contributed by atoms with E-state index in [9.17, 15) is 9.59 Å². The molecule has 0 saturated carbocycles. The van der Waals surface area contributed by atoms with Crippen LogP contribution in [-0.4, -0.2) is 34.6 Å². The second-order valence-electron chi connectivity index (χ2n) is 7.22. The molecule has 0 aliphatic rings. The average molecular weight is 433 g/mol. The van der Waals surface area contributed by atoms with Gasteiger partial charge in [-0.15, -0.1) is 11.8 Å². The maximum absolute atomic E-state index is 13.1. The molecule has 2 aromatic carbocycles. The summed E-state index contributed by atoms with van der Waals surface area (Å²) in [6.45, 7) is 6.21. The Hall–Kier alpha value is -1.98. The van der Waals surface area contributed by atoms with Crippen LogP contribution < -0.4 is 5.32 Å². The monoisotopic (exact) mass is 432 g/mol. The molecule has 0 bridgehead atoms. The fraction of sp³-hybridized carbons (Fsp3) is 0.391. The normalized spacial score (nSPS) is 11.9. The minimum Gasteiger partial charge on any atom is -0.352 e. The predicted molar refractivity (Wildman–Crippen MR) is 122 cm³/mol. The fourth-order valence-electron chi connectivity index (χ4n) is 3.05. The molecule has 2 amide bonds. The van der Waals surface area contributed by atoms with E-state index >= 15 is 0 Å². The van der Waals surface area contributed by atoms with Gasteiger partial charge in [0.15, 0.2) is 0 Å². The highest BCUT2D eigenvalue weighted by molar-refractivity contribution is 7.99. The third-order valence-electron chi connectivity index (χ3n) is 4.40. The largest absolute Gasteiger partial charge is 0.352 e. The summed E-state index contributed by atoms with van der Waals surface area (Å²) in [5.74, 6) is 0.865. The van der Waals surface area contributed by atoms with E-state index in [1.54, 1.807) is 4.90 Å². The molecule has 0 aliphatic heterocycles. The third-order valence-corrected chi connectivity index (χ3v) is 5.62. The first-order valence-corrected chi connectivity index (χ1v) is 11.4. The van der Waals surface area contributed by atoms with E-state index in [1.165, 1.54) is 11.8 Å². The lowest BCUT2D eigenvalue weighted by atomic mass is 10.1. The van der Waals surface area contributed by atoms with Crippen LogP contribution >= 0.6 is 23.4 Å². The molecular weight excluding hydrogens is 404 g/mol. The van der Waals surface area contributed by atoms with Crippen molar-refractivity contribution in [3.63, 3.8) is 0 Å². The van der Waals surface area contributed by atoms with Crippen molar-refractivity contribution in [2.24, 2.45) is 0 Å². The number of hydrogen-bond donors (Lipinski definition) is 1. The third kappa shape index (κ3) is 7.75. The van der Waals surface area contributed by atoms with Crippen LogP contribution in [0, 0.1) is 0 Å². The summed E-state index contributed by atoms with van der Waals surface area (Å²) in [5, 5.41) is 3.64. The number of halogens is 1. The molecule has 0 aliphatic carbocycles. The van der Waals surface area contributed by atoms with Gasteiger partial charge in [-0.2, -0.15) is 0 Å². The van der Waals surface area contributed by atoms with Crippen molar-refractivity contribution in [2.45, 2.75) is 51.6 Å². The van der Waals surface area contributed by atoms with E-state index in [1.807, 2.05) is 75.4 Å². The molecule has 2 aromatic rings. The van der Waals surface area contributed by atoms with Crippen molar-refractivity contribution in [3.8, 4) is 0 Å². The summed E-state index contributed by atoms with van der Waals surface area (Å²) in [6.07, 6.45) is 0.566. The van der Waals surface area contributed by atoms with Gasteiger partial charge in [-0.3, -0.25) is 9.59 Å². The fourth-order valence-corrected chi connectivity index (χ4v) is 4.12. The Balaban J connectivity index is 2.09. The van der Waals surface area contributed by atoms with Gasteiger partial charge >= 0.3 is 0 Å². The van der Waals surface area contributed by atoms with Crippen LogP contribution in [0.25, 0.3) is 0 Å². The van der Waals surface area contributed by atoms with E-state index in [4.69, 9.17) is 11.6 Å². The van der Waals surface area contributed by atoms with E-state index in [2.05, 4.69) is 5.32 Å². The second-order valence-corrected chi connectivity index (χ2v) is 8.64. The number of nitrogens with zero attached hydrogens (tertiary/aromatic N) is 1. The van der Waals surface area contributed by atoms with Gasteiger partial charge in [-0.1, -0.05) is 61.0 Å². The van der Waals surface area contributed by atoms with E-state index in [-0.39, 0.29) is 17.9 Å². The lowest BCUT2D eigenvalue weighted by Crippen LogP contribution is -2.50.